The predicted octanol–water partition coefficient (Wildman–Crippen LogP) is 1.20. The lowest BCUT2D eigenvalue weighted by atomic mass is 10.1. The van der Waals surface area contributed by atoms with Crippen LogP contribution in [0.4, 0.5) is 0 Å². The number of carbonyl (C=O) groups is 2. The van der Waals surface area contributed by atoms with Crippen LogP contribution in [0, 0.1) is 3.57 Å². The molecular formula is C8H6INO2. The lowest BCUT2D eigenvalue weighted by Gasteiger charge is -1.97. The molecule has 0 aliphatic carbocycles. The van der Waals surface area contributed by atoms with Crippen molar-refractivity contribution in [3.63, 3.8) is 0 Å². The number of nitrogens with two attached hydrogens (primary N) is 1. The molecule has 3 nitrogen and oxygen atoms in total. The standard InChI is InChI=1S/C8H6INO2/c9-7-2-5(4-11)1-6(3-7)8(10)12/h1-4H,(H2,10,12). The molecule has 0 fully saturated rings. The molecule has 0 radical (unpaired) electrons. The molecule has 1 aromatic carbocycles. The first-order valence-electron chi connectivity index (χ1n) is 3.19. The molecule has 2 N–H and O–H groups in total. The molecule has 1 aromatic rings. The molecule has 0 aliphatic heterocycles. The number of aldehydes is 1. The second kappa shape index (κ2) is 3.66. The molecule has 0 aromatic heterocycles. The molecular weight excluding hydrogens is 269 g/mol. The molecule has 0 aliphatic rings. The van der Waals surface area contributed by atoms with Crippen molar-refractivity contribution < 1.29 is 9.59 Å². The van der Waals surface area contributed by atoms with Gasteiger partial charge in [-0.25, -0.2) is 0 Å². The Bertz CT molecular complexity index is 336. The summed E-state index contributed by atoms with van der Waals surface area (Å²) >= 11 is 2.02. The van der Waals surface area contributed by atoms with Gasteiger partial charge >= 0.3 is 0 Å². The summed E-state index contributed by atoms with van der Waals surface area (Å²) in [6.45, 7) is 0. The van der Waals surface area contributed by atoms with Crippen molar-refractivity contribution in [1.82, 2.24) is 0 Å². The molecule has 0 spiro atoms. The van der Waals surface area contributed by atoms with Crippen LogP contribution in [0.2, 0.25) is 0 Å². The first-order valence-corrected chi connectivity index (χ1v) is 4.27. The predicted molar refractivity (Wildman–Crippen MR) is 53.1 cm³/mol. The second-order valence-electron chi connectivity index (χ2n) is 2.26. The van der Waals surface area contributed by atoms with Crippen LogP contribution < -0.4 is 5.73 Å². The summed E-state index contributed by atoms with van der Waals surface area (Å²) in [5.74, 6) is -0.517. The Kier molecular flexibility index (Phi) is 2.80. The third-order valence-corrected chi connectivity index (χ3v) is 1.96. The molecule has 0 atom stereocenters. The van der Waals surface area contributed by atoms with Crippen LogP contribution in [-0.4, -0.2) is 12.2 Å². The van der Waals surface area contributed by atoms with Crippen molar-refractivity contribution in [2.45, 2.75) is 0 Å². The zero-order valence-electron chi connectivity index (χ0n) is 6.08. The summed E-state index contributed by atoms with van der Waals surface area (Å²) < 4.78 is 0.825. The van der Waals surface area contributed by atoms with Crippen molar-refractivity contribution in [1.29, 1.82) is 0 Å². The van der Waals surface area contributed by atoms with Gasteiger partial charge in [-0.3, -0.25) is 9.59 Å². The van der Waals surface area contributed by atoms with E-state index in [9.17, 15) is 9.59 Å². The molecule has 62 valence electrons. The van der Waals surface area contributed by atoms with Gasteiger partial charge in [0.15, 0.2) is 0 Å². The molecule has 0 unspecified atom stereocenters. The van der Waals surface area contributed by atoms with Crippen LogP contribution in [0.1, 0.15) is 20.7 Å². The summed E-state index contributed by atoms with van der Waals surface area (Å²) in [7, 11) is 0. The average molecular weight is 275 g/mol. The third-order valence-electron chi connectivity index (χ3n) is 1.34. The summed E-state index contributed by atoms with van der Waals surface area (Å²) in [5.41, 5.74) is 5.88. The molecule has 1 rings (SSSR count). The van der Waals surface area contributed by atoms with E-state index in [0.29, 0.717) is 17.4 Å². The van der Waals surface area contributed by atoms with Gasteiger partial charge in [0.2, 0.25) is 5.91 Å². The quantitative estimate of drug-likeness (QED) is 0.651. The minimum absolute atomic E-state index is 0.365. The van der Waals surface area contributed by atoms with E-state index in [-0.39, 0.29) is 0 Å². The van der Waals surface area contributed by atoms with Crippen molar-refractivity contribution in [3.8, 4) is 0 Å². The Morgan fingerprint density at radius 2 is 2.08 bits per heavy atom. The Hall–Kier alpha value is -0.910. The summed E-state index contributed by atoms with van der Waals surface area (Å²) in [6, 6.07) is 4.79. The van der Waals surface area contributed by atoms with Gasteiger partial charge in [-0.05, 0) is 40.8 Å². The first kappa shape index (κ1) is 9.18. The number of carbonyl (C=O) groups excluding carboxylic acids is 2. The highest BCUT2D eigenvalue weighted by Gasteiger charge is 2.02. The van der Waals surface area contributed by atoms with E-state index < -0.39 is 5.91 Å². The molecule has 0 heterocycles. The third kappa shape index (κ3) is 2.04. The topological polar surface area (TPSA) is 60.2 Å². The highest BCUT2D eigenvalue weighted by atomic mass is 127. The van der Waals surface area contributed by atoms with E-state index >= 15 is 0 Å². The van der Waals surface area contributed by atoms with Crippen molar-refractivity contribution in [2.75, 3.05) is 0 Å². The van der Waals surface area contributed by atoms with E-state index in [4.69, 9.17) is 5.73 Å². The summed E-state index contributed by atoms with van der Waals surface area (Å²) in [6.07, 6.45) is 0.689. The lowest BCUT2D eigenvalue weighted by molar-refractivity contribution is 0.1000. The SMILES string of the molecule is NC(=O)c1cc(I)cc(C=O)c1. The molecule has 4 heteroatoms. The fourth-order valence-electron chi connectivity index (χ4n) is 0.823. The number of halogens is 1. The molecule has 0 bridgehead atoms. The van der Waals surface area contributed by atoms with Gasteiger partial charge in [0.1, 0.15) is 6.29 Å². The molecule has 12 heavy (non-hydrogen) atoms. The molecule has 1 amide bonds. The lowest BCUT2D eigenvalue weighted by Crippen LogP contribution is -2.11. The van der Waals surface area contributed by atoms with Crippen LogP contribution in [0.3, 0.4) is 0 Å². The number of benzene rings is 1. The fourth-order valence-corrected chi connectivity index (χ4v) is 1.52. The van der Waals surface area contributed by atoms with Gasteiger partial charge < -0.3 is 5.73 Å². The number of hydrogen-bond donors (Lipinski definition) is 1. The second-order valence-corrected chi connectivity index (χ2v) is 3.50. The van der Waals surface area contributed by atoms with E-state index in [0.717, 1.165) is 3.57 Å². The zero-order chi connectivity index (χ0) is 9.14. The van der Waals surface area contributed by atoms with E-state index in [1.54, 1.807) is 12.1 Å². The van der Waals surface area contributed by atoms with Crippen LogP contribution in [-0.2, 0) is 0 Å². The van der Waals surface area contributed by atoms with E-state index in [1.807, 2.05) is 22.6 Å². The highest BCUT2D eigenvalue weighted by molar-refractivity contribution is 14.1. The fraction of sp³-hybridized carbons (Fsp3) is 0. The number of amides is 1. The maximum Gasteiger partial charge on any atom is 0.248 e. The highest BCUT2D eigenvalue weighted by Crippen LogP contribution is 2.10. The van der Waals surface area contributed by atoms with Gasteiger partial charge in [0.05, 0.1) is 0 Å². The van der Waals surface area contributed by atoms with Crippen molar-refractivity contribution in [3.05, 3.63) is 32.9 Å². The van der Waals surface area contributed by atoms with Crippen LogP contribution in [0.25, 0.3) is 0 Å². The van der Waals surface area contributed by atoms with Gasteiger partial charge in [0, 0.05) is 14.7 Å². The number of hydrogen-bond acceptors (Lipinski definition) is 2. The first-order chi connectivity index (χ1) is 5.63. The number of rotatable bonds is 2. The Balaban J connectivity index is 3.23. The normalized spacial score (nSPS) is 9.42. The summed E-state index contributed by atoms with van der Waals surface area (Å²) in [5, 5.41) is 0. The minimum Gasteiger partial charge on any atom is -0.366 e. The van der Waals surface area contributed by atoms with Gasteiger partial charge in [-0.2, -0.15) is 0 Å². The van der Waals surface area contributed by atoms with Gasteiger partial charge in [0.25, 0.3) is 0 Å². The van der Waals surface area contributed by atoms with E-state index in [2.05, 4.69) is 0 Å². The van der Waals surface area contributed by atoms with Crippen molar-refractivity contribution in [2.24, 2.45) is 5.73 Å². The maximum absolute atomic E-state index is 10.7. The van der Waals surface area contributed by atoms with E-state index in [1.165, 1.54) is 6.07 Å². The minimum atomic E-state index is -0.517. The summed E-state index contributed by atoms with van der Waals surface area (Å²) in [4.78, 5) is 21.1. The average Bonchev–Trinajstić information content (AvgIpc) is 2.03. The smallest absolute Gasteiger partial charge is 0.248 e. The van der Waals surface area contributed by atoms with Gasteiger partial charge in [-0.15, -0.1) is 0 Å². The Morgan fingerprint density at radius 1 is 1.42 bits per heavy atom. The monoisotopic (exact) mass is 275 g/mol. The van der Waals surface area contributed by atoms with Gasteiger partial charge in [-0.1, -0.05) is 0 Å². The molecule has 0 saturated carbocycles. The Labute approximate surface area is 83.1 Å². The number of primary amides is 1. The zero-order valence-corrected chi connectivity index (χ0v) is 8.24. The van der Waals surface area contributed by atoms with Crippen LogP contribution >= 0.6 is 22.6 Å². The maximum atomic E-state index is 10.7. The van der Waals surface area contributed by atoms with Crippen LogP contribution in [0.15, 0.2) is 18.2 Å². The molecule has 0 saturated heterocycles. The van der Waals surface area contributed by atoms with Crippen molar-refractivity contribution >= 4 is 34.8 Å². The van der Waals surface area contributed by atoms with Crippen LogP contribution in [0.5, 0.6) is 0 Å². The Morgan fingerprint density at radius 3 is 2.58 bits per heavy atom. The largest absolute Gasteiger partial charge is 0.366 e.